The standard InChI is InChI=1S/C12H11BrClNO3/c13-8-2-1-7(5-9(8)14)10(16)15-6-12(3-4-12)11(17)18/h1-2,5H,3-4,6H2,(H,15,16)(H,17,18). The van der Waals surface area contributed by atoms with Crippen molar-refractivity contribution in [3.8, 4) is 0 Å². The van der Waals surface area contributed by atoms with Crippen LogP contribution in [0.5, 0.6) is 0 Å². The highest BCUT2D eigenvalue weighted by Crippen LogP contribution is 2.45. The zero-order chi connectivity index (χ0) is 13.3. The maximum Gasteiger partial charge on any atom is 0.311 e. The van der Waals surface area contributed by atoms with Gasteiger partial charge in [-0.05, 0) is 47.0 Å². The molecule has 1 saturated carbocycles. The molecule has 0 atom stereocenters. The number of nitrogens with one attached hydrogen (secondary N) is 1. The Labute approximate surface area is 117 Å². The van der Waals surface area contributed by atoms with E-state index < -0.39 is 11.4 Å². The van der Waals surface area contributed by atoms with Gasteiger partial charge in [0.1, 0.15) is 0 Å². The van der Waals surface area contributed by atoms with Gasteiger partial charge in [0, 0.05) is 16.6 Å². The predicted octanol–water partition coefficient (Wildman–Crippen LogP) is 2.70. The number of aliphatic carboxylic acids is 1. The number of amides is 1. The molecular weight excluding hydrogens is 321 g/mol. The zero-order valence-electron chi connectivity index (χ0n) is 9.37. The topological polar surface area (TPSA) is 66.4 Å². The van der Waals surface area contributed by atoms with Gasteiger partial charge >= 0.3 is 5.97 Å². The minimum Gasteiger partial charge on any atom is -0.481 e. The maximum absolute atomic E-state index is 11.8. The second-order valence-corrected chi connectivity index (χ2v) is 5.66. The van der Waals surface area contributed by atoms with Crippen LogP contribution in [0.4, 0.5) is 0 Å². The summed E-state index contributed by atoms with van der Waals surface area (Å²) >= 11 is 9.13. The number of halogens is 2. The van der Waals surface area contributed by atoms with E-state index in [0.717, 1.165) is 0 Å². The van der Waals surface area contributed by atoms with Crippen molar-refractivity contribution in [1.29, 1.82) is 0 Å². The molecule has 1 aliphatic rings. The second-order valence-electron chi connectivity index (χ2n) is 4.40. The van der Waals surface area contributed by atoms with Crippen molar-refractivity contribution in [1.82, 2.24) is 5.32 Å². The van der Waals surface area contributed by atoms with Crippen LogP contribution in [0.25, 0.3) is 0 Å². The van der Waals surface area contributed by atoms with Crippen molar-refractivity contribution >= 4 is 39.4 Å². The Morgan fingerprint density at radius 2 is 2.11 bits per heavy atom. The van der Waals surface area contributed by atoms with Gasteiger partial charge in [-0.15, -0.1) is 0 Å². The van der Waals surface area contributed by atoms with Crippen LogP contribution >= 0.6 is 27.5 Å². The molecule has 4 nitrogen and oxygen atoms in total. The van der Waals surface area contributed by atoms with Crippen LogP contribution in [0.1, 0.15) is 23.2 Å². The van der Waals surface area contributed by atoms with Gasteiger partial charge in [-0.1, -0.05) is 11.6 Å². The average molecular weight is 333 g/mol. The minimum atomic E-state index is -0.850. The van der Waals surface area contributed by atoms with Crippen LogP contribution in [0, 0.1) is 5.41 Å². The fourth-order valence-electron chi connectivity index (χ4n) is 1.61. The summed E-state index contributed by atoms with van der Waals surface area (Å²) in [5, 5.41) is 12.1. The molecule has 1 fully saturated rings. The van der Waals surface area contributed by atoms with E-state index in [0.29, 0.717) is 27.9 Å². The zero-order valence-corrected chi connectivity index (χ0v) is 11.7. The lowest BCUT2D eigenvalue weighted by Gasteiger charge is -2.11. The summed E-state index contributed by atoms with van der Waals surface area (Å²) in [6.07, 6.45) is 1.23. The first kappa shape index (κ1) is 13.4. The highest BCUT2D eigenvalue weighted by Gasteiger charge is 2.50. The molecule has 1 amide bonds. The lowest BCUT2D eigenvalue weighted by Crippen LogP contribution is -2.34. The maximum atomic E-state index is 11.8. The number of benzene rings is 1. The Hall–Kier alpha value is -1.07. The minimum absolute atomic E-state index is 0.162. The molecule has 2 N–H and O–H groups in total. The molecule has 1 aliphatic carbocycles. The summed E-state index contributed by atoms with van der Waals surface area (Å²) in [5.74, 6) is -1.16. The molecule has 0 radical (unpaired) electrons. The second kappa shape index (κ2) is 4.90. The van der Waals surface area contributed by atoms with Gasteiger partial charge in [0.05, 0.1) is 10.4 Å². The molecule has 96 valence electrons. The molecule has 0 aliphatic heterocycles. The predicted molar refractivity (Wildman–Crippen MR) is 70.8 cm³/mol. The molecule has 18 heavy (non-hydrogen) atoms. The molecule has 0 bridgehead atoms. The van der Waals surface area contributed by atoms with E-state index in [9.17, 15) is 9.59 Å². The average Bonchev–Trinajstić information content (AvgIpc) is 3.11. The molecule has 0 unspecified atom stereocenters. The Morgan fingerprint density at radius 1 is 1.44 bits per heavy atom. The number of rotatable bonds is 4. The van der Waals surface area contributed by atoms with Gasteiger partial charge in [0.25, 0.3) is 5.91 Å². The third kappa shape index (κ3) is 2.67. The molecule has 0 aromatic heterocycles. The van der Waals surface area contributed by atoms with E-state index in [1.165, 1.54) is 0 Å². The van der Waals surface area contributed by atoms with Crippen molar-refractivity contribution in [2.24, 2.45) is 5.41 Å². The molecule has 0 spiro atoms. The first-order valence-electron chi connectivity index (χ1n) is 5.41. The van der Waals surface area contributed by atoms with Crippen molar-refractivity contribution in [2.45, 2.75) is 12.8 Å². The van der Waals surface area contributed by atoms with E-state index in [1.54, 1.807) is 18.2 Å². The van der Waals surface area contributed by atoms with Crippen molar-refractivity contribution in [3.63, 3.8) is 0 Å². The molecule has 1 aromatic rings. The normalized spacial score (nSPS) is 16.1. The fraction of sp³-hybridized carbons (Fsp3) is 0.333. The molecular formula is C12H11BrClNO3. The summed E-state index contributed by atoms with van der Waals surface area (Å²) in [5.41, 5.74) is -0.334. The van der Waals surface area contributed by atoms with Crippen molar-refractivity contribution in [2.75, 3.05) is 6.54 Å². The summed E-state index contributed by atoms with van der Waals surface area (Å²) in [6.45, 7) is 0.162. The molecule has 0 saturated heterocycles. The third-order valence-electron chi connectivity index (χ3n) is 3.08. The van der Waals surface area contributed by atoms with E-state index in [4.69, 9.17) is 16.7 Å². The van der Waals surface area contributed by atoms with Crippen LogP contribution in [-0.4, -0.2) is 23.5 Å². The smallest absolute Gasteiger partial charge is 0.311 e. The van der Waals surface area contributed by atoms with Gasteiger partial charge in [-0.2, -0.15) is 0 Å². The number of hydrogen-bond donors (Lipinski definition) is 2. The lowest BCUT2D eigenvalue weighted by atomic mass is 10.1. The summed E-state index contributed by atoms with van der Waals surface area (Å²) in [7, 11) is 0. The van der Waals surface area contributed by atoms with E-state index in [-0.39, 0.29) is 12.5 Å². The van der Waals surface area contributed by atoms with Gasteiger partial charge < -0.3 is 10.4 Å². The third-order valence-corrected chi connectivity index (χ3v) is 4.31. The monoisotopic (exact) mass is 331 g/mol. The summed E-state index contributed by atoms with van der Waals surface area (Å²) < 4.78 is 0.713. The number of carbonyl (C=O) groups excluding carboxylic acids is 1. The van der Waals surface area contributed by atoms with E-state index in [1.807, 2.05) is 0 Å². The first-order valence-corrected chi connectivity index (χ1v) is 6.58. The van der Waals surface area contributed by atoms with E-state index >= 15 is 0 Å². The number of hydrogen-bond acceptors (Lipinski definition) is 2. The highest BCUT2D eigenvalue weighted by atomic mass is 79.9. The van der Waals surface area contributed by atoms with Crippen LogP contribution < -0.4 is 5.32 Å². The van der Waals surface area contributed by atoms with Gasteiger partial charge in [0.15, 0.2) is 0 Å². The molecule has 1 aromatic carbocycles. The molecule has 0 heterocycles. The largest absolute Gasteiger partial charge is 0.481 e. The van der Waals surface area contributed by atoms with E-state index in [2.05, 4.69) is 21.2 Å². The van der Waals surface area contributed by atoms with Crippen molar-refractivity contribution < 1.29 is 14.7 Å². The molecule has 2 rings (SSSR count). The fourth-order valence-corrected chi connectivity index (χ4v) is 2.03. The summed E-state index contributed by atoms with van der Waals surface area (Å²) in [6, 6.07) is 4.86. The number of carboxylic acid groups (broad SMARTS) is 1. The van der Waals surface area contributed by atoms with Crippen LogP contribution in [0.3, 0.4) is 0 Å². The summed E-state index contributed by atoms with van der Waals surface area (Å²) in [4.78, 5) is 22.8. The highest BCUT2D eigenvalue weighted by molar-refractivity contribution is 9.10. The Bertz CT molecular complexity index is 514. The van der Waals surface area contributed by atoms with Crippen LogP contribution in [0.15, 0.2) is 22.7 Å². The van der Waals surface area contributed by atoms with Crippen LogP contribution in [0.2, 0.25) is 5.02 Å². The van der Waals surface area contributed by atoms with Crippen LogP contribution in [-0.2, 0) is 4.79 Å². The first-order chi connectivity index (χ1) is 8.44. The SMILES string of the molecule is O=C(NCC1(C(=O)O)CC1)c1ccc(Br)c(Cl)c1. The van der Waals surface area contributed by atoms with Crippen molar-refractivity contribution in [3.05, 3.63) is 33.3 Å². The van der Waals surface area contributed by atoms with Gasteiger partial charge in [-0.25, -0.2) is 0 Å². The van der Waals surface area contributed by atoms with Gasteiger partial charge in [-0.3, -0.25) is 9.59 Å². The Morgan fingerprint density at radius 3 is 2.61 bits per heavy atom. The lowest BCUT2D eigenvalue weighted by molar-refractivity contribution is -0.143. The number of carboxylic acids is 1. The Kier molecular flexibility index (Phi) is 3.64. The number of carbonyl (C=O) groups is 2. The molecule has 6 heteroatoms. The Balaban J connectivity index is 2.00. The quantitative estimate of drug-likeness (QED) is 0.891. The van der Waals surface area contributed by atoms with Gasteiger partial charge in [0.2, 0.25) is 0 Å².